The van der Waals surface area contributed by atoms with Crippen LogP contribution < -0.4 is 4.72 Å². The summed E-state index contributed by atoms with van der Waals surface area (Å²) in [5.74, 6) is -1.11. The number of anilines is 1. The number of halogens is 2. The number of aromatic nitrogens is 2. The number of hydrogen-bond donors (Lipinski definition) is 2. The largest absolute Gasteiger partial charge is 0.480 e. The number of nitrogens with zero attached hydrogens (tertiary/aromatic N) is 2. The van der Waals surface area contributed by atoms with Crippen molar-refractivity contribution in [3.8, 4) is 0 Å². The molecule has 0 aliphatic carbocycles. The van der Waals surface area contributed by atoms with E-state index in [2.05, 4.69) is 41.7 Å². The quantitative estimate of drug-likeness (QED) is 0.745. The number of carbonyl (C=O) groups is 1. The van der Waals surface area contributed by atoms with Crippen molar-refractivity contribution in [2.75, 3.05) is 4.72 Å². The molecule has 10 heteroatoms. The predicted molar refractivity (Wildman–Crippen MR) is 82.5 cm³/mol. The summed E-state index contributed by atoms with van der Waals surface area (Å²) in [5, 5.41) is 12.4. The van der Waals surface area contributed by atoms with E-state index in [9.17, 15) is 13.2 Å². The minimum Gasteiger partial charge on any atom is -0.480 e. The Morgan fingerprint density at radius 1 is 1.33 bits per heavy atom. The van der Waals surface area contributed by atoms with Gasteiger partial charge >= 0.3 is 5.97 Å². The summed E-state index contributed by atoms with van der Waals surface area (Å²) in [6.45, 7) is -0.408. The van der Waals surface area contributed by atoms with Gasteiger partial charge in [0.25, 0.3) is 10.0 Å². The van der Waals surface area contributed by atoms with E-state index in [4.69, 9.17) is 5.11 Å². The molecule has 21 heavy (non-hydrogen) atoms. The Morgan fingerprint density at radius 3 is 2.52 bits per heavy atom. The number of para-hydroxylation sites is 1. The van der Waals surface area contributed by atoms with Crippen LogP contribution in [0.2, 0.25) is 0 Å². The third-order valence-corrected chi connectivity index (χ3v) is 5.04. The van der Waals surface area contributed by atoms with Crippen LogP contribution in [0.4, 0.5) is 5.69 Å². The molecular weight excluding hydrogens is 430 g/mol. The van der Waals surface area contributed by atoms with Crippen molar-refractivity contribution in [3.63, 3.8) is 0 Å². The van der Waals surface area contributed by atoms with Crippen LogP contribution in [-0.4, -0.2) is 29.3 Å². The molecule has 112 valence electrons. The van der Waals surface area contributed by atoms with Gasteiger partial charge in [0.05, 0.1) is 11.9 Å². The molecule has 0 unspecified atom stereocenters. The molecule has 1 aromatic heterocycles. The number of benzene rings is 1. The van der Waals surface area contributed by atoms with Crippen LogP contribution in [0.5, 0.6) is 0 Å². The van der Waals surface area contributed by atoms with Crippen LogP contribution in [0.15, 0.2) is 44.4 Å². The maximum Gasteiger partial charge on any atom is 0.325 e. The van der Waals surface area contributed by atoms with Crippen molar-refractivity contribution in [2.45, 2.75) is 11.4 Å². The normalized spacial score (nSPS) is 11.3. The zero-order chi connectivity index (χ0) is 15.6. The summed E-state index contributed by atoms with van der Waals surface area (Å²) in [7, 11) is -3.86. The van der Waals surface area contributed by atoms with Gasteiger partial charge in [-0.3, -0.25) is 14.2 Å². The molecule has 0 spiro atoms. The Kier molecular flexibility index (Phi) is 4.69. The molecule has 0 saturated heterocycles. The average Bonchev–Trinajstić information content (AvgIpc) is 2.82. The Balaban J connectivity index is 2.30. The number of aliphatic carboxylic acids is 1. The SMILES string of the molecule is O=C(O)Cn1cc(S(=O)(=O)Nc2c(Br)cccc2Br)cn1. The third-order valence-electron chi connectivity index (χ3n) is 2.42. The maximum absolute atomic E-state index is 12.3. The summed E-state index contributed by atoms with van der Waals surface area (Å²) in [6, 6.07) is 5.13. The topological polar surface area (TPSA) is 101 Å². The van der Waals surface area contributed by atoms with E-state index in [-0.39, 0.29) is 4.90 Å². The van der Waals surface area contributed by atoms with E-state index in [1.54, 1.807) is 18.2 Å². The first kappa shape index (κ1) is 16.0. The summed E-state index contributed by atoms with van der Waals surface area (Å²) in [4.78, 5) is 10.5. The lowest BCUT2D eigenvalue weighted by Gasteiger charge is -2.10. The number of nitrogens with one attached hydrogen (secondary N) is 1. The van der Waals surface area contributed by atoms with Crippen molar-refractivity contribution >= 4 is 53.5 Å². The van der Waals surface area contributed by atoms with Crippen LogP contribution >= 0.6 is 31.9 Å². The maximum atomic E-state index is 12.3. The molecule has 0 fully saturated rings. The molecule has 0 aliphatic heterocycles. The van der Waals surface area contributed by atoms with Crippen molar-refractivity contribution in [1.82, 2.24) is 9.78 Å². The highest BCUT2D eigenvalue weighted by Crippen LogP contribution is 2.32. The molecule has 1 aromatic carbocycles. The fraction of sp³-hybridized carbons (Fsp3) is 0.0909. The van der Waals surface area contributed by atoms with Crippen LogP contribution in [0.25, 0.3) is 0 Å². The number of hydrogen-bond acceptors (Lipinski definition) is 4. The van der Waals surface area contributed by atoms with E-state index in [1.165, 1.54) is 0 Å². The Morgan fingerprint density at radius 2 is 1.95 bits per heavy atom. The van der Waals surface area contributed by atoms with Gasteiger partial charge in [0.1, 0.15) is 11.4 Å². The van der Waals surface area contributed by atoms with Crippen LogP contribution in [0.3, 0.4) is 0 Å². The molecule has 0 radical (unpaired) electrons. The van der Waals surface area contributed by atoms with Gasteiger partial charge in [-0.1, -0.05) is 6.07 Å². The molecule has 0 atom stereocenters. The fourth-order valence-electron chi connectivity index (χ4n) is 1.50. The van der Waals surface area contributed by atoms with E-state index in [0.717, 1.165) is 17.1 Å². The lowest BCUT2D eigenvalue weighted by Crippen LogP contribution is -2.13. The first-order chi connectivity index (χ1) is 9.79. The van der Waals surface area contributed by atoms with Crippen molar-refractivity contribution < 1.29 is 18.3 Å². The van der Waals surface area contributed by atoms with E-state index in [1.807, 2.05) is 0 Å². The van der Waals surface area contributed by atoms with Crippen molar-refractivity contribution in [3.05, 3.63) is 39.5 Å². The van der Waals surface area contributed by atoms with E-state index >= 15 is 0 Å². The van der Waals surface area contributed by atoms with E-state index in [0.29, 0.717) is 14.6 Å². The molecular formula is C11H9Br2N3O4S. The van der Waals surface area contributed by atoms with Crippen LogP contribution in [0, 0.1) is 0 Å². The van der Waals surface area contributed by atoms with Crippen molar-refractivity contribution in [1.29, 1.82) is 0 Å². The summed E-state index contributed by atoms with van der Waals surface area (Å²) in [5.41, 5.74) is 0.350. The lowest BCUT2D eigenvalue weighted by molar-refractivity contribution is -0.137. The molecule has 0 aliphatic rings. The molecule has 0 amide bonds. The van der Waals surface area contributed by atoms with Crippen LogP contribution in [0.1, 0.15) is 0 Å². The molecule has 1 heterocycles. The van der Waals surface area contributed by atoms with Crippen molar-refractivity contribution in [2.24, 2.45) is 0 Å². The smallest absolute Gasteiger partial charge is 0.325 e. The summed E-state index contributed by atoms with van der Waals surface area (Å²) in [6.07, 6.45) is 2.25. The molecule has 2 rings (SSSR count). The highest BCUT2D eigenvalue weighted by molar-refractivity contribution is 9.11. The molecule has 2 aromatic rings. The molecule has 7 nitrogen and oxygen atoms in total. The Hall–Kier alpha value is -1.39. The van der Waals surface area contributed by atoms with Gasteiger partial charge in [-0.2, -0.15) is 5.10 Å². The van der Waals surface area contributed by atoms with Crippen LogP contribution in [-0.2, 0) is 21.4 Å². The minimum atomic E-state index is -3.86. The van der Waals surface area contributed by atoms with Gasteiger partial charge in [-0.15, -0.1) is 0 Å². The molecule has 0 bridgehead atoms. The summed E-state index contributed by atoms with van der Waals surface area (Å²) < 4.78 is 29.1. The van der Waals surface area contributed by atoms with Gasteiger partial charge in [0, 0.05) is 15.1 Å². The van der Waals surface area contributed by atoms with Gasteiger partial charge in [-0.25, -0.2) is 8.42 Å². The summed E-state index contributed by atoms with van der Waals surface area (Å²) >= 11 is 6.51. The standard InChI is InChI=1S/C11H9Br2N3O4S/c12-8-2-1-3-9(13)11(8)15-21(19,20)7-4-14-16(5-7)6-10(17)18/h1-5,15H,6H2,(H,17,18). The highest BCUT2D eigenvalue weighted by Gasteiger charge is 2.19. The third kappa shape index (κ3) is 3.83. The first-order valence-corrected chi connectivity index (χ1v) is 8.57. The molecule has 2 N–H and O–H groups in total. The zero-order valence-corrected chi connectivity index (χ0v) is 14.3. The van der Waals surface area contributed by atoms with Gasteiger partial charge in [0.15, 0.2) is 0 Å². The second-order valence-electron chi connectivity index (χ2n) is 3.97. The van der Waals surface area contributed by atoms with Gasteiger partial charge in [0.2, 0.25) is 0 Å². The first-order valence-electron chi connectivity index (χ1n) is 5.50. The highest BCUT2D eigenvalue weighted by atomic mass is 79.9. The van der Waals surface area contributed by atoms with E-state index < -0.39 is 22.5 Å². The second kappa shape index (κ2) is 6.16. The number of carboxylic acid groups (broad SMARTS) is 1. The Bertz CT molecular complexity index is 768. The number of sulfonamides is 1. The average molecular weight is 439 g/mol. The fourth-order valence-corrected chi connectivity index (χ4v) is 4.01. The Labute approximate surface area is 137 Å². The number of carboxylic acids is 1. The zero-order valence-electron chi connectivity index (χ0n) is 10.3. The minimum absolute atomic E-state index is 0.119. The number of rotatable bonds is 5. The monoisotopic (exact) mass is 437 g/mol. The molecule has 0 saturated carbocycles. The predicted octanol–water partition coefficient (Wildman–Crippen LogP) is 2.29. The lowest BCUT2D eigenvalue weighted by atomic mass is 10.3. The second-order valence-corrected chi connectivity index (χ2v) is 7.36. The van der Waals surface area contributed by atoms with Gasteiger partial charge < -0.3 is 5.11 Å². The van der Waals surface area contributed by atoms with Gasteiger partial charge in [-0.05, 0) is 44.0 Å².